The number of hydrogen-bond acceptors (Lipinski definition) is 3. The molecule has 0 spiro atoms. The topological polar surface area (TPSA) is 60.2 Å². The molecule has 2 aromatic carbocycles. The van der Waals surface area contributed by atoms with E-state index in [2.05, 4.69) is 6.92 Å². The van der Waals surface area contributed by atoms with Crippen LogP contribution in [0, 0.1) is 44.7 Å². The highest BCUT2D eigenvalue weighted by atomic mass is 16.6. The molecule has 0 atom stereocenters. The van der Waals surface area contributed by atoms with Crippen LogP contribution >= 0.6 is 0 Å². The van der Waals surface area contributed by atoms with Crippen molar-refractivity contribution in [3.05, 3.63) is 73.3 Å². The van der Waals surface area contributed by atoms with Crippen LogP contribution in [-0.2, 0) is 0 Å². The number of non-ortho nitro benzene ring substituents is 1. The Balaban J connectivity index is 2.57. The fraction of sp³-hybridized carbons (Fsp3) is 0.278. The monoisotopic (exact) mass is 297 g/mol. The molecule has 0 N–H and O–H groups in total. The number of carbonyl (C=O) groups is 1. The Bertz CT molecular complexity index is 745. The Morgan fingerprint density at radius 1 is 0.818 bits per heavy atom. The van der Waals surface area contributed by atoms with Crippen molar-refractivity contribution in [2.24, 2.45) is 0 Å². The van der Waals surface area contributed by atoms with Gasteiger partial charge in [0.25, 0.3) is 5.69 Å². The van der Waals surface area contributed by atoms with Crippen molar-refractivity contribution >= 4 is 11.5 Å². The zero-order valence-electron chi connectivity index (χ0n) is 13.5. The van der Waals surface area contributed by atoms with E-state index in [-0.39, 0.29) is 11.5 Å². The van der Waals surface area contributed by atoms with Crippen molar-refractivity contribution in [1.82, 2.24) is 0 Å². The minimum absolute atomic E-state index is 0.0127. The summed E-state index contributed by atoms with van der Waals surface area (Å²) in [6, 6.07) is 5.77. The summed E-state index contributed by atoms with van der Waals surface area (Å²) in [5.74, 6) is -0.0869. The van der Waals surface area contributed by atoms with Gasteiger partial charge >= 0.3 is 0 Å². The molecule has 0 unspecified atom stereocenters. The zero-order chi connectivity index (χ0) is 16.6. The van der Waals surface area contributed by atoms with Gasteiger partial charge < -0.3 is 0 Å². The van der Waals surface area contributed by atoms with Crippen LogP contribution in [0.15, 0.2) is 24.3 Å². The van der Waals surface area contributed by atoms with Gasteiger partial charge in [-0.1, -0.05) is 0 Å². The largest absolute Gasteiger partial charge is 0.289 e. The third kappa shape index (κ3) is 2.52. The van der Waals surface area contributed by atoms with Crippen LogP contribution < -0.4 is 0 Å². The maximum Gasteiger partial charge on any atom is 0.269 e. The lowest BCUT2D eigenvalue weighted by Gasteiger charge is -2.17. The van der Waals surface area contributed by atoms with Gasteiger partial charge in [0.2, 0.25) is 0 Å². The number of nitro benzene ring substituents is 1. The fourth-order valence-corrected chi connectivity index (χ4v) is 2.72. The molecule has 2 aromatic rings. The molecule has 0 amide bonds. The van der Waals surface area contributed by atoms with Gasteiger partial charge in [0.15, 0.2) is 5.78 Å². The molecule has 0 bridgehead atoms. The second kappa shape index (κ2) is 5.72. The quantitative estimate of drug-likeness (QED) is 0.480. The van der Waals surface area contributed by atoms with Crippen molar-refractivity contribution in [2.75, 3.05) is 0 Å². The fourth-order valence-electron chi connectivity index (χ4n) is 2.72. The molecule has 0 aliphatic rings. The molecule has 0 aliphatic carbocycles. The van der Waals surface area contributed by atoms with Crippen LogP contribution in [0.3, 0.4) is 0 Å². The Morgan fingerprint density at radius 2 is 1.23 bits per heavy atom. The summed E-state index contributed by atoms with van der Waals surface area (Å²) in [4.78, 5) is 23.1. The van der Waals surface area contributed by atoms with Gasteiger partial charge in [0.1, 0.15) is 0 Å². The average molecular weight is 297 g/mol. The highest BCUT2D eigenvalue weighted by Crippen LogP contribution is 2.28. The highest BCUT2D eigenvalue weighted by molar-refractivity contribution is 6.11. The lowest BCUT2D eigenvalue weighted by atomic mass is 9.86. The Hall–Kier alpha value is -2.49. The molecule has 22 heavy (non-hydrogen) atoms. The van der Waals surface area contributed by atoms with Gasteiger partial charge in [0.05, 0.1) is 4.92 Å². The third-order valence-electron chi connectivity index (χ3n) is 4.57. The number of ketones is 1. The van der Waals surface area contributed by atoms with Crippen molar-refractivity contribution in [3.63, 3.8) is 0 Å². The molecule has 2 rings (SSSR count). The lowest BCUT2D eigenvalue weighted by Crippen LogP contribution is -2.10. The predicted octanol–water partition coefficient (Wildman–Crippen LogP) is 4.37. The van der Waals surface area contributed by atoms with Crippen LogP contribution in [0.4, 0.5) is 5.69 Å². The van der Waals surface area contributed by atoms with Crippen molar-refractivity contribution < 1.29 is 9.72 Å². The number of hydrogen-bond donors (Lipinski definition) is 0. The smallest absolute Gasteiger partial charge is 0.269 e. The molecule has 0 aromatic heterocycles. The summed E-state index contributed by atoms with van der Waals surface area (Å²) in [5.41, 5.74) is 6.56. The van der Waals surface area contributed by atoms with E-state index in [0.29, 0.717) is 11.1 Å². The zero-order valence-corrected chi connectivity index (χ0v) is 13.5. The van der Waals surface area contributed by atoms with Gasteiger partial charge in [-0.25, -0.2) is 0 Å². The standard InChI is InChI=1S/C18H19NO3/c1-10-11(2)13(4)17(14(5)12(10)3)18(20)15-6-8-16(9-7-15)19(21)22/h6-9H,1-5H3. The molecule has 0 saturated carbocycles. The normalized spacial score (nSPS) is 10.6. The second-order valence-electron chi connectivity index (χ2n) is 5.63. The summed E-state index contributed by atoms with van der Waals surface area (Å²) in [6.07, 6.45) is 0. The van der Waals surface area contributed by atoms with E-state index in [9.17, 15) is 14.9 Å². The number of carbonyl (C=O) groups excluding carboxylic acids is 1. The second-order valence-corrected chi connectivity index (χ2v) is 5.63. The molecule has 0 heterocycles. The first-order chi connectivity index (χ1) is 10.3. The Kier molecular flexibility index (Phi) is 4.13. The lowest BCUT2D eigenvalue weighted by molar-refractivity contribution is -0.384. The van der Waals surface area contributed by atoms with Crippen molar-refractivity contribution in [3.8, 4) is 0 Å². The summed E-state index contributed by atoms with van der Waals surface area (Å²) in [7, 11) is 0. The maximum absolute atomic E-state index is 12.8. The summed E-state index contributed by atoms with van der Waals surface area (Å²) in [5, 5.41) is 10.7. The number of nitrogens with zero attached hydrogens (tertiary/aromatic N) is 1. The Morgan fingerprint density at radius 3 is 1.64 bits per heavy atom. The predicted molar refractivity (Wildman–Crippen MR) is 86.7 cm³/mol. The molecular weight excluding hydrogens is 278 g/mol. The minimum atomic E-state index is -0.467. The molecule has 114 valence electrons. The van der Waals surface area contributed by atoms with E-state index in [1.165, 1.54) is 29.8 Å². The number of nitro groups is 1. The van der Waals surface area contributed by atoms with Gasteiger partial charge in [-0.3, -0.25) is 14.9 Å². The van der Waals surface area contributed by atoms with Crippen molar-refractivity contribution in [2.45, 2.75) is 34.6 Å². The molecular formula is C18H19NO3. The van der Waals surface area contributed by atoms with E-state index in [1.54, 1.807) is 0 Å². The molecule has 0 saturated heterocycles. The highest BCUT2D eigenvalue weighted by Gasteiger charge is 2.20. The maximum atomic E-state index is 12.8. The van der Waals surface area contributed by atoms with E-state index >= 15 is 0 Å². The molecule has 0 aliphatic heterocycles. The third-order valence-corrected chi connectivity index (χ3v) is 4.57. The van der Waals surface area contributed by atoms with Crippen LogP contribution in [-0.4, -0.2) is 10.7 Å². The van der Waals surface area contributed by atoms with Gasteiger partial charge in [-0.05, 0) is 74.6 Å². The first kappa shape index (κ1) is 15.9. The number of benzene rings is 2. The van der Waals surface area contributed by atoms with Gasteiger partial charge in [0, 0.05) is 23.3 Å². The average Bonchev–Trinajstić information content (AvgIpc) is 2.51. The SMILES string of the molecule is Cc1c(C)c(C)c(C(=O)c2ccc([N+](=O)[O-])cc2)c(C)c1C. The molecule has 0 radical (unpaired) electrons. The van der Waals surface area contributed by atoms with Crippen LogP contribution in [0.25, 0.3) is 0 Å². The number of rotatable bonds is 3. The van der Waals surface area contributed by atoms with E-state index in [1.807, 2.05) is 27.7 Å². The van der Waals surface area contributed by atoms with Crippen molar-refractivity contribution in [1.29, 1.82) is 0 Å². The van der Waals surface area contributed by atoms with Crippen LogP contribution in [0.5, 0.6) is 0 Å². The first-order valence-corrected chi connectivity index (χ1v) is 7.11. The van der Waals surface area contributed by atoms with E-state index in [4.69, 9.17) is 0 Å². The van der Waals surface area contributed by atoms with Crippen LogP contribution in [0.1, 0.15) is 43.7 Å². The summed E-state index contributed by atoms with van der Waals surface area (Å²) < 4.78 is 0. The van der Waals surface area contributed by atoms with Crippen LogP contribution in [0.2, 0.25) is 0 Å². The first-order valence-electron chi connectivity index (χ1n) is 7.11. The van der Waals surface area contributed by atoms with E-state index in [0.717, 1.165) is 22.3 Å². The Labute approximate surface area is 129 Å². The molecule has 4 nitrogen and oxygen atoms in total. The van der Waals surface area contributed by atoms with E-state index < -0.39 is 4.92 Å². The summed E-state index contributed by atoms with van der Waals surface area (Å²) >= 11 is 0. The minimum Gasteiger partial charge on any atom is -0.289 e. The van der Waals surface area contributed by atoms with Gasteiger partial charge in [-0.2, -0.15) is 0 Å². The molecule has 4 heteroatoms. The summed E-state index contributed by atoms with van der Waals surface area (Å²) in [6.45, 7) is 10.00. The van der Waals surface area contributed by atoms with Gasteiger partial charge in [-0.15, -0.1) is 0 Å². The molecule has 0 fully saturated rings.